The van der Waals surface area contributed by atoms with Gasteiger partial charge >= 0.3 is 0 Å². The van der Waals surface area contributed by atoms with Crippen molar-refractivity contribution in [1.29, 1.82) is 0 Å². The molecule has 2 aromatic carbocycles. The van der Waals surface area contributed by atoms with Crippen molar-refractivity contribution in [3.63, 3.8) is 0 Å². The fourth-order valence-electron chi connectivity index (χ4n) is 2.22. The highest BCUT2D eigenvalue weighted by Gasteiger charge is 2.16. The van der Waals surface area contributed by atoms with E-state index in [1.54, 1.807) is 0 Å². The molecule has 0 aromatic heterocycles. The summed E-state index contributed by atoms with van der Waals surface area (Å²) in [6.45, 7) is 6.58. The lowest BCUT2D eigenvalue weighted by Crippen LogP contribution is -2.16. The summed E-state index contributed by atoms with van der Waals surface area (Å²) in [7, 11) is 0. The van der Waals surface area contributed by atoms with Gasteiger partial charge < -0.3 is 10.4 Å². The molecule has 0 heterocycles. The zero-order chi connectivity index (χ0) is 15.5. The third kappa shape index (κ3) is 3.99. The molecule has 2 aromatic rings. The van der Waals surface area contributed by atoms with Gasteiger partial charge in [-0.25, -0.2) is 0 Å². The van der Waals surface area contributed by atoms with Gasteiger partial charge in [-0.3, -0.25) is 0 Å². The minimum atomic E-state index is -0.168. The van der Waals surface area contributed by atoms with E-state index < -0.39 is 0 Å². The Hall–Kier alpha value is -1.51. The highest BCUT2D eigenvalue weighted by atomic mass is 35.5. The molecule has 1 atom stereocenters. The number of aliphatic hydroxyl groups is 1. The van der Waals surface area contributed by atoms with Crippen LogP contribution in [0.3, 0.4) is 0 Å². The molecule has 2 nitrogen and oxygen atoms in total. The van der Waals surface area contributed by atoms with E-state index >= 15 is 0 Å². The summed E-state index contributed by atoms with van der Waals surface area (Å²) in [5.41, 5.74) is 3.29. The fraction of sp³-hybridized carbons (Fsp3) is 0.333. The number of hydrogen-bond acceptors (Lipinski definition) is 2. The number of para-hydroxylation sites is 1. The van der Waals surface area contributed by atoms with Crippen molar-refractivity contribution < 1.29 is 5.11 Å². The van der Waals surface area contributed by atoms with Crippen molar-refractivity contribution in [3.8, 4) is 0 Å². The Balaban J connectivity index is 2.20. The summed E-state index contributed by atoms with van der Waals surface area (Å²) >= 11 is 6.15. The maximum atomic E-state index is 9.66. The van der Waals surface area contributed by atoms with Gasteiger partial charge in [0.1, 0.15) is 0 Å². The van der Waals surface area contributed by atoms with Crippen LogP contribution in [-0.2, 0) is 5.41 Å². The van der Waals surface area contributed by atoms with Gasteiger partial charge in [-0.05, 0) is 28.7 Å². The topological polar surface area (TPSA) is 32.3 Å². The van der Waals surface area contributed by atoms with Crippen LogP contribution in [0.5, 0.6) is 0 Å². The summed E-state index contributed by atoms with van der Waals surface area (Å²) < 4.78 is 0. The molecule has 0 aliphatic heterocycles. The molecule has 2 N–H and O–H groups in total. The summed E-state index contributed by atoms with van der Waals surface area (Å²) in [6.07, 6.45) is 0. The molecule has 1 unspecified atom stereocenters. The Morgan fingerprint density at radius 2 is 1.67 bits per heavy atom. The van der Waals surface area contributed by atoms with Crippen molar-refractivity contribution in [2.75, 3.05) is 11.9 Å². The second-order valence-electron chi connectivity index (χ2n) is 6.23. The second kappa shape index (κ2) is 6.50. The van der Waals surface area contributed by atoms with E-state index in [9.17, 15) is 5.11 Å². The van der Waals surface area contributed by atoms with Crippen molar-refractivity contribution in [3.05, 3.63) is 64.7 Å². The van der Waals surface area contributed by atoms with Gasteiger partial charge in [0.25, 0.3) is 0 Å². The second-order valence-corrected chi connectivity index (χ2v) is 6.64. The van der Waals surface area contributed by atoms with Crippen LogP contribution in [0.25, 0.3) is 0 Å². The zero-order valence-electron chi connectivity index (χ0n) is 12.7. The van der Waals surface area contributed by atoms with Crippen LogP contribution in [-0.4, -0.2) is 11.7 Å². The normalized spacial score (nSPS) is 13.0. The smallest absolute Gasteiger partial charge is 0.0745 e. The molecule has 21 heavy (non-hydrogen) atoms. The van der Waals surface area contributed by atoms with Crippen LogP contribution in [0.2, 0.25) is 5.02 Å². The lowest BCUT2D eigenvalue weighted by atomic mass is 9.86. The number of aliphatic hydroxyl groups excluding tert-OH is 1. The molecule has 0 aliphatic rings. The Kier molecular flexibility index (Phi) is 4.92. The number of anilines is 1. The number of benzene rings is 2. The van der Waals surface area contributed by atoms with Crippen LogP contribution in [0.15, 0.2) is 48.5 Å². The molecular formula is C18H22ClNO. The van der Waals surface area contributed by atoms with Gasteiger partial charge in [0.15, 0.2) is 0 Å². The number of halogens is 1. The summed E-state index contributed by atoms with van der Waals surface area (Å²) in [5, 5.41) is 13.6. The third-order valence-electron chi connectivity index (χ3n) is 3.57. The molecule has 0 saturated heterocycles. The number of nitrogens with one attached hydrogen (secondary N) is 1. The van der Waals surface area contributed by atoms with Gasteiger partial charge in [-0.1, -0.05) is 68.8 Å². The average Bonchev–Trinajstić information content (AvgIpc) is 2.46. The molecule has 2 rings (SSSR count). The van der Waals surface area contributed by atoms with E-state index in [0.717, 1.165) is 11.3 Å². The molecule has 3 heteroatoms. The molecule has 0 bridgehead atoms. The standard InChI is InChI=1S/C18H22ClNO/c1-18(2,3)14-10-8-13(9-11-14)17(12-21)20-16-7-5-4-6-15(16)19/h4-11,17,20-21H,12H2,1-3H3. The Morgan fingerprint density at radius 3 is 2.19 bits per heavy atom. The molecule has 0 amide bonds. The van der Waals surface area contributed by atoms with E-state index in [1.807, 2.05) is 24.3 Å². The van der Waals surface area contributed by atoms with Crippen molar-refractivity contribution in [2.45, 2.75) is 32.2 Å². The van der Waals surface area contributed by atoms with Crippen LogP contribution >= 0.6 is 11.6 Å². The predicted octanol–water partition coefficient (Wildman–Crippen LogP) is 4.78. The van der Waals surface area contributed by atoms with Crippen LogP contribution in [0, 0.1) is 0 Å². The maximum Gasteiger partial charge on any atom is 0.0745 e. The SMILES string of the molecule is CC(C)(C)c1ccc(C(CO)Nc2ccccc2Cl)cc1. The molecule has 0 radical (unpaired) electrons. The van der Waals surface area contributed by atoms with Gasteiger partial charge in [0, 0.05) is 0 Å². The molecule has 0 spiro atoms. The molecule has 0 saturated carbocycles. The van der Waals surface area contributed by atoms with Crippen molar-refractivity contribution in [2.24, 2.45) is 0 Å². The van der Waals surface area contributed by atoms with E-state index in [-0.39, 0.29) is 18.1 Å². The summed E-state index contributed by atoms with van der Waals surface area (Å²) in [5.74, 6) is 0. The van der Waals surface area contributed by atoms with Crippen LogP contribution < -0.4 is 5.32 Å². The van der Waals surface area contributed by atoms with E-state index in [2.05, 4.69) is 50.4 Å². The average molecular weight is 304 g/mol. The lowest BCUT2D eigenvalue weighted by Gasteiger charge is -2.22. The largest absolute Gasteiger partial charge is 0.394 e. The minimum absolute atomic E-state index is 0.0140. The fourth-order valence-corrected chi connectivity index (χ4v) is 2.41. The monoisotopic (exact) mass is 303 g/mol. The van der Waals surface area contributed by atoms with Gasteiger partial charge in [0.2, 0.25) is 0 Å². The first-order chi connectivity index (χ1) is 9.91. The minimum Gasteiger partial charge on any atom is -0.394 e. The molecule has 0 fully saturated rings. The van der Waals surface area contributed by atoms with Gasteiger partial charge in [-0.15, -0.1) is 0 Å². The lowest BCUT2D eigenvalue weighted by molar-refractivity contribution is 0.276. The van der Waals surface area contributed by atoms with E-state index in [1.165, 1.54) is 5.56 Å². The van der Waals surface area contributed by atoms with Crippen molar-refractivity contribution >= 4 is 17.3 Å². The first-order valence-corrected chi connectivity index (χ1v) is 7.52. The molecule has 112 valence electrons. The van der Waals surface area contributed by atoms with Crippen LogP contribution in [0.4, 0.5) is 5.69 Å². The highest BCUT2D eigenvalue weighted by Crippen LogP contribution is 2.28. The maximum absolute atomic E-state index is 9.66. The molecular weight excluding hydrogens is 282 g/mol. The zero-order valence-corrected chi connectivity index (χ0v) is 13.5. The van der Waals surface area contributed by atoms with E-state index in [4.69, 9.17) is 11.6 Å². The van der Waals surface area contributed by atoms with Gasteiger partial charge in [0.05, 0.1) is 23.4 Å². The highest BCUT2D eigenvalue weighted by molar-refractivity contribution is 6.33. The molecule has 0 aliphatic carbocycles. The number of rotatable bonds is 4. The van der Waals surface area contributed by atoms with E-state index in [0.29, 0.717) is 5.02 Å². The Labute approximate surface area is 131 Å². The Bertz CT molecular complexity index is 587. The first kappa shape index (κ1) is 15.9. The first-order valence-electron chi connectivity index (χ1n) is 7.14. The summed E-state index contributed by atoms with van der Waals surface area (Å²) in [4.78, 5) is 0. The Morgan fingerprint density at radius 1 is 1.05 bits per heavy atom. The predicted molar refractivity (Wildman–Crippen MR) is 90.0 cm³/mol. The third-order valence-corrected chi connectivity index (χ3v) is 3.89. The van der Waals surface area contributed by atoms with Crippen LogP contribution in [0.1, 0.15) is 37.9 Å². The quantitative estimate of drug-likeness (QED) is 0.851. The van der Waals surface area contributed by atoms with Crippen molar-refractivity contribution in [1.82, 2.24) is 0 Å². The van der Waals surface area contributed by atoms with Gasteiger partial charge in [-0.2, -0.15) is 0 Å². The number of hydrogen-bond donors (Lipinski definition) is 2. The summed E-state index contributed by atoms with van der Waals surface area (Å²) in [6, 6.07) is 15.7.